The summed E-state index contributed by atoms with van der Waals surface area (Å²) in [5.74, 6) is 0.592. The molecule has 1 saturated heterocycles. The molecule has 3 unspecified atom stereocenters. The molecule has 0 bridgehead atoms. The number of hydrogen-bond acceptors (Lipinski definition) is 3. The van der Waals surface area contributed by atoms with Crippen molar-refractivity contribution in [1.29, 1.82) is 0 Å². The molecular weight excluding hydrogens is 156 g/mol. The van der Waals surface area contributed by atoms with E-state index in [1.165, 1.54) is 0 Å². The second-order valence-corrected chi connectivity index (χ2v) is 4.37. The van der Waals surface area contributed by atoms with Crippen LogP contribution in [0.2, 0.25) is 0 Å². The second kappa shape index (κ2) is 2.09. The monoisotopic (exact) mass is 170 g/mol. The molecule has 2 fully saturated rings. The standard InChI is InChI=1S/C9H14O3/c1-6-4-7(10)9(3)8(2,5-6)11-12-9/h6H,4-5H2,1-3H3. The molecule has 2 aliphatic rings. The molecule has 0 aromatic heterocycles. The van der Waals surface area contributed by atoms with Gasteiger partial charge in [0, 0.05) is 6.42 Å². The fraction of sp³-hybridized carbons (Fsp3) is 0.889. The van der Waals surface area contributed by atoms with Gasteiger partial charge in [-0.3, -0.25) is 4.79 Å². The molecule has 3 atom stereocenters. The number of rotatable bonds is 0. The summed E-state index contributed by atoms with van der Waals surface area (Å²) in [6, 6.07) is 0. The number of fused-ring (bicyclic) bond motifs is 1. The van der Waals surface area contributed by atoms with Crippen LogP contribution in [0.25, 0.3) is 0 Å². The summed E-state index contributed by atoms with van der Waals surface area (Å²) in [6.45, 7) is 5.85. The topological polar surface area (TPSA) is 35.5 Å². The van der Waals surface area contributed by atoms with Gasteiger partial charge in [-0.25, -0.2) is 9.78 Å². The number of carbonyl (C=O) groups excluding carboxylic acids is 1. The maximum absolute atomic E-state index is 11.6. The zero-order valence-electron chi connectivity index (χ0n) is 7.72. The summed E-state index contributed by atoms with van der Waals surface area (Å²) in [4.78, 5) is 21.6. The molecule has 0 radical (unpaired) electrons. The molecule has 0 spiro atoms. The van der Waals surface area contributed by atoms with E-state index in [0.29, 0.717) is 12.3 Å². The molecule has 1 saturated carbocycles. The van der Waals surface area contributed by atoms with Crippen molar-refractivity contribution in [1.82, 2.24) is 0 Å². The van der Waals surface area contributed by atoms with Crippen LogP contribution in [-0.4, -0.2) is 17.0 Å². The summed E-state index contributed by atoms with van der Waals surface area (Å²) >= 11 is 0. The highest BCUT2D eigenvalue weighted by Gasteiger charge is 2.65. The van der Waals surface area contributed by atoms with Crippen molar-refractivity contribution in [2.45, 2.75) is 44.8 Å². The van der Waals surface area contributed by atoms with Gasteiger partial charge in [0.05, 0.1) is 0 Å². The van der Waals surface area contributed by atoms with E-state index in [0.717, 1.165) is 6.42 Å². The lowest BCUT2D eigenvalue weighted by Gasteiger charge is -2.55. The molecule has 12 heavy (non-hydrogen) atoms. The molecule has 3 nitrogen and oxygen atoms in total. The van der Waals surface area contributed by atoms with Gasteiger partial charge < -0.3 is 0 Å². The third-order valence-electron chi connectivity index (χ3n) is 3.21. The van der Waals surface area contributed by atoms with Crippen LogP contribution in [0.1, 0.15) is 33.6 Å². The van der Waals surface area contributed by atoms with Gasteiger partial charge in [0.1, 0.15) is 5.60 Å². The van der Waals surface area contributed by atoms with Crippen LogP contribution in [0.4, 0.5) is 0 Å². The minimum atomic E-state index is -0.667. The Hall–Kier alpha value is -0.410. The van der Waals surface area contributed by atoms with Crippen molar-refractivity contribution < 1.29 is 14.6 Å². The molecular formula is C9H14O3. The van der Waals surface area contributed by atoms with E-state index in [-0.39, 0.29) is 11.4 Å². The van der Waals surface area contributed by atoms with Crippen LogP contribution in [0.5, 0.6) is 0 Å². The van der Waals surface area contributed by atoms with Gasteiger partial charge in [-0.05, 0) is 26.2 Å². The Morgan fingerprint density at radius 3 is 2.50 bits per heavy atom. The van der Waals surface area contributed by atoms with E-state index in [1.54, 1.807) is 0 Å². The molecule has 2 rings (SSSR count). The summed E-state index contributed by atoms with van der Waals surface area (Å²) < 4.78 is 0. The van der Waals surface area contributed by atoms with Crippen molar-refractivity contribution in [2.75, 3.05) is 0 Å². The first-order valence-electron chi connectivity index (χ1n) is 4.38. The lowest BCUT2D eigenvalue weighted by Crippen LogP contribution is -2.70. The summed E-state index contributed by atoms with van der Waals surface area (Å²) in [5.41, 5.74) is -1.04. The highest BCUT2D eigenvalue weighted by Crippen LogP contribution is 2.49. The van der Waals surface area contributed by atoms with Gasteiger partial charge in [0.2, 0.25) is 0 Å². The van der Waals surface area contributed by atoms with E-state index >= 15 is 0 Å². The average Bonchev–Trinajstić information content (AvgIpc) is 1.98. The molecule has 3 heteroatoms. The van der Waals surface area contributed by atoms with E-state index in [9.17, 15) is 4.79 Å². The minimum absolute atomic E-state index is 0.176. The molecule has 0 aromatic carbocycles. The summed E-state index contributed by atoms with van der Waals surface area (Å²) in [7, 11) is 0. The van der Waals surface area contributed by atoms with Crippen molar-refractivity contribution >= 4 is 5.78 Å². The minimum Gasteiger partial charge on any atom is -0.296 e. The van der Waals surface area contributed by atoms with Crippen molar-refractivity contribution in [2.24, 2.45) is 5.92 Å². The first kappa shape index (κ1) is 8.20. The van der Waals surface area contributed by atoms with Gasteiger partial charge in [-0.15, -0.1) is 0 Å². The Kier molecular flexibility index (Phi) is 1.43. The van der Waals surface area contributed by atoms with Gasteiger partial charge in [-0.2, -0.15) is 0 Å². The Morgan fingerprint density at radius 2 is 2.08 bits per heavy atom. The average molecular weight is 170 g/mol. The fourth-order valence-electron chi connectivity index (χ4n) is 2.13. The fourth-order valence-corrected chi connectivity index (χ4v) is 2.13. The van der Waals surface area contributed by atoms with Crippen molar-refractivity contribution in [3.8, 4) is 0 Å². The molecule has 0 amide bonds. The first-order chi connectivity index (χ1) is 5.48. The number of hydrogen-bond donors (Lipinski definition) is 0. The Morgan fingerprint density at radius 1 is 1.42 bits per heavy atom. The van der Waals surface area contributed by atoms with Crippen molar-refractivity contribution in [3.05, 3.63) is 0 Å². The summed E-state index contributed by atoms with van der Waals surface area (Å²) in [6.07, 6.45) is 1.53. The summed E-state index contributed by atoms with van der Waals surface area (Å²) in [5, 5.41) is 0. The second-order valence-electron chi connectivity index (χ2n) is 4.37. The lowest BCUT2D eigenvalue weighted by atomic mass is 9.68. The first-order valence-corrected chi connectivity index (χ1v) is 4.38. The van der Waals surface area contributed by atoms with E-state index in [2.05, 4.69) is 6.92 Å². The normalized spacial score (nSPS) is 52.9. The molecule has 68 valence electrons. The molecule has 0 N–H and O–H groups in total. The van der Waals surface area contributed by atoms with Crippen LogP contribution in [0.15, 0.2) is 0 Å². The molecule has 1 aliphatic heterocycles. The van der Waals surface area contributed by atoms with Gasteiger partial charge >= 0.3 is 0 Å². The van der Waals surface area contributed by atoms with Crippen LogP contribution in [0, 0.1) is 5.92 Å². The van der Waals surface area contributed by atoms with Gasteiger partial charge in [0.15, 0.2) is 11.4 Å². The Labute approximate surface area is 72.0 Å². The predicted molar refractivity (Wildman–Crippen MR) is 42.4 cm³/mol. The third-order valence-corrected chi connectivity index (χ3v) is 3.21. The Bertz CT molecular complexity index is 238. The number of Topliss-reactive ketones (excluding diaryl/α,β-unsaturated/α-hetero) is 1. The van der Waals surface area contributed by atoms with E-state index in [1.807, 2.05) is 13.8 Å². The predicted octanol–water partition coefficient (Wildman–Crippen LogP) is 1.46. The highest BCUT2D eigenvalue weighted by atomic mass is 17.3. The largest absolute Gasteiger partial charge is 0.296 e. The smallest absolute Gasteiger partial charge is 0.190 e. The molecule has 1 aliphatic carbocycles. The number of ketones is 1. The molecule has 1 heterocycles. The molecule has 0 aromatic rings. The number of carbonyl (C=O) groups is 1. The quantitative estimate of drug-likeness (QED) is 0.516. The maximum Gasteiger partial charge on any atom is 0.190 e. The third kappa shape index (κ3) is 0.756. The SMILES string of the molecule is CC1CC(=O)C2(C)OOC2(C)C1. The van der Waals surface area contributed by atoms with Crippen LogP contribution in [0.3, 0.4) is 0 Å². The lowest BCUT2D eigenvalue weighted by molar-refractivity contribution is -0.534. The van der Waals surface area contributed by atoms with Gasteiger partial charge in [-0.1, -0.05) is 6.92 Å². The van der Waals surface area contributed by atoms with E-state index in [4.69, 9.17) is 9.78 Å². The Balaban J connectivity index is 2.29. The van der Waals surface area contributed by atoms with Crippen LogP contribution in [-0.2, 0) is 14.6 Å². The van der Waals surface area contributed by atoms with E-state index < -0.39 is 5.60 Å². The van der Waals surface area contributed by atoms with Crippen LogP contribution >= 0.6 is 0 Å². The maximum atomic E-state index is 11.6. The van der Waals surface area contributed by atoms with Crippen LogP contribution < -0.4 is 0 Å². The van der Waals surface area contributed by atoms with Crippen molar-refractivity contribution in [3.63, 3.8) is 0 Å². The van der Waals surface area contributed by atoms with Gasteiger partial charge in [0.25, 0.3) is 0 Å². The zero-order chi connectivity index (χ0) is 8.98. The zero-order valence-corrected chi connectivity index (χ0v) is 7.72. The highest BCUT2D eigenvalue weighted by molar-refractivity contribution is 5.90.